The molecule has 0 aromatic carbocycles. The number of nitrogens with zero attached hydrogens (tertiary/aromatic N) is 3. The highest BCUT2D eigenvalue weighted by atomic mass is 16.5. The van der Waals surface area contributed by atoms with E-state index < -0.39 is 23.3 Å². The maximum atomic E-state index is 12.5. The molecule has 1 saturated heterocycles. The van der Waals surface area contributed by atoms with Gasteiger partial charge in [0.05, 0.1) is 0 Å². The SMILES string of the molecule is CCC1(CC)C(=O)NC(=O)N(CCc2noc(C)n2)C1=O. The van der Waals surface area contributed by atoms with Crippen molar-refractivity contribution in [2.45, 2.75) is 40.0 Å². The van der Waals surface area contributed by atoms with Gasteiger partial charge in [-0.1, -0.05) is 19.0 Å². The number of imide groups is 2. The fourth-order valence-corrected chi connectivity index (χ4v) is 2.46. The first-order valence-electron chi connectivity index (χ1n) is 6.91. The molecule has 1 fully saturated rings. The average Bonchev–Trinajstić information content (AvgIpc) is 2.85. The van der Waals surface area contributed by atoms with Gasteiger partial charge in [0.1, 0.15) is 5.41 Å². The molecule has 114 valence electrons. The molecule has 0 saturated carbocycles. The standard InChI is InChI=1S/C13H18N4O4/c1-4-13(5-2)10(18)15-12(20)17(11(13)19)7-6-9-14-8(3)21-16-9/h4-7H2,1-3H3,(H,15,18,20). The Bertz CT molecular complexity index is 576. The topological polar surface area (TPSA) is 105 Å². The van der Waals surface area contributed by atoms with Crippen molar-refractivity contribution in [1.82, 2.24) is 20.4 Å². The molecular formula is C13H18N4O4. The largest absolute Gasteiger partial charge is 0.340 e. The summed E-state index contributed by atoms with van der Waals surface area (Å²) in [4.78, 5) is 41.5. The smallest absolute Gasteiger partial charge is 0.330 e. The molecule has 0 atom stereocenters. The fourth-order valence-electron chi connectivity index (χ4n) is 2.46. The minimum Gasteiger partial charge on any atom is -0.340 e. The molecule has 1 aliphatic rings. The van der Waals surface area contributed by atoms with E-state index in [0.29, 0.717) is 24.6 Å². The van der Waals surface area contributed by atoms with Crippen LogP contribution in [0.2, 0.25) is 0 Å². The number of aryl methyl sites for hydroxylation is 1. The van der Waals surface area contributed by atoms with Gasteiger partial charge in [-0.15, -0.1) is 0 Å². The van der Waals surface area contributed by atoms with E-state index in [1.807, 2.05) is 0 Å². The minimum atomic E-state index is -1.17. The van der Waals surface area contributed by atoms with E-state index in [1.165, 1.54) is 0 Å². The number of carbonyl (C=O) groups excluding carboxylic acids is 3. The number of nitrogens with one attached hydrogen (secondary N) is 1. The molecule has 8 heteroatoms. The summed E-state index contributed by atoms with van der Waals surface area (Å²) < 4.78 is 4.84. The van der Waals surface area contributed by atoms with E-state index in [4.69, 9.17) is 4.52 Å². The van der Waals surface area contributed by atoms with Crippen LogP contribution in [0.4, 0.5) is 4.79 Å². The average molecular weight is 294 g/mol. The summed E-state index contributed by atoms with van der Waals surface area (Å²) in [6, 6.07) is -0.692. The van der Waals surface area contributed by atoms with Crippen LogP contribution in [-0.2, 0) is 16.0 Å². The molecule has 1 aromatic rings. The summed E-state index contributed by atoms with van der Waals surface area (Å²) in [5.41, 5.74) is -1.17. The molecule has 8 nitrogen and oxygen atoms in total. The lowest BCUT2D eigenvalue weighted by molar-refractivity contribution is -0.152. The Labute approximate surface area is 121 Å². The third kappa shape index (κ3) is 2.53. The van der Waals surface area contributed by atoms with Gasteiger partial charge >= 0.3 is 6.03 Å². The van der Waals surface area contributed by atoms with E-state index in [-0.39, 0.29) is 13.0 Å². The predicted octanol–water partition coefficient (Wildman–Crippen LogP) is 0.805. The van der Waals surface area contributed by atoms with Crippen LogP contribution in [0.15, 0.2) is 4.52 Å². The summed E-state index contributed by atoms with van der Waals surface area (Å²) >= 11 is 0. The molecule has 1 N–H and O–H groups in total. The van der Waals surface area contributed by atoms with Crippen molar-refractivity contribution >= 4 is 17.8 Å². The third-order valence-electron chi connectivity index (χ3n) is 3.89. The Balaban J connectivity index is 2.16. The van der Waals surface area contributed by atoms with Crippen molar-refractivity contribution in [3.8, 4) is 0 Å². The molecule has 4 amide bonds. The van der Waals surface area contributed by atoms with Crippen molar-refractivity contribution in [2.75, 3.05) is 6.54 Å². The van der Waals surface area contributed by atoms with Crippen molar-refractivity contribution < 1.29 is 18.9 Å². The van der Waals surface area contributed by atoms with Gasteiger partial charge < -0.3 is 4.52 Å². The van der Waals surface area contributed by atoms with Crippen LogP contribution >= 0.6 is 0 Å². The van der Waals surface area contributed by atoms with Crippen LogP contribution in [0.5, 0.6) is 0 Å². The lowest BCUT2D eigenvalue weighted by Crippen LogP contribution is -2.63. The predicted molar refractivity (Wildman–Crippen MR) is 71.0 cm³/mol. The quantitative estimate of drug-likeness (QED) is 0.805. The van der Waals surface area contributed by atoms with Gasteiger partial charge in [0.25, 0.3) is 0 Å². The number of hydrogen-bond acceptors (Lipinski definition) is 6. The number of hydrogen-bond donors (Lipinski definition) is 1. The molecule has 1 aliphatic heterocycles. The van der Waals surface area contributed by atoms with Gasteiger partial charge in [-0.3, -0.25) is 19.8 Å². The zero-order chi connectivity index (χ0) is 15.6. The second-order valence-corrected chi connectivity index (χ2v) is 4.98. The number of rotatable bonds is 5. The zero-order valence-electron chi connectivity index (χ0n) is 12.3. The highest BCUT2D eigenvalue weighted by molar-refractivity contribution is 6.19. The Morgan fingerprint density at radius 3 is 2.43 bits per heavy atom. The van der Waals surface area contributed by atoms with Crippen LogP contribution < -0.4 is 5.32 Å². The second-order valence-electron chi connectivity index (χ2n) is 4.98. The van der Waals surface area contributed by atoms with Crippen molar-refractivity contribution in [3.05, 3.63) is 11.7 Å². The fraction of sp³-hybridized carbons (Fsp3) is 0.615. The third-order valence-corrected chi connectivity index (χ3v) is 3.89. The molecule has 1 aromatic heterocycles. The second kappa shape index (κ2) is 5.63. The summed E-state index contributed by atoms with van der Waals surface area (Å²) in [5, 5.41) is 5.98. The maximum absolute atomic E-state index is 12.5. The van der Waals surface area contributed by atoms with Gasteiger partial charge in [0.15, 0.2) is 5.82 Å². The molecular weight excluding hydrogens is 276 g/mol. The maximum Gasteiger partial charge on any atom is 0.330 e. The first kappa shape index (κ1) is 15.1. The van der Waals surface area contributed by atoms with Gasteiger partial charge in [0.2, 0.25) is 17.7 Å². The molecule has 0 spiro atoms. The van der Waals surface area contributed by atoms with E-state index in [1.54, 1.807) is 20.8 Å². The number of barbiturate groups is 1. The zero-order valence-corrected chi connectivity index (χ0v) is 12.3. The number of carbonyl (C=O) groups is 3. The van der Waals surface area contributed by atoms with E-state index in [0.717, 1.165) is 4.90 Å². The molecule has 0 unspecified atom stereocenters. The molecule has 2 rings (SSSR count). The van der Waals surface area contributed by atoms with Crippen molar-refractivity contribution in [3.63, 3.8) is 0 Å². The molecule has 2 heterocycles. The van der Waals surface area contributed by atoms with Crippen LogP contribution in [0.25, 0.3) is 0 Å². The van der Waals surface area contributed by atoms with E-state index in [2.05, 4.69) is 15.5 Å². The number of amides is 4. The summed E-state index contributed by atoms with van der Waals surface area (Å²) in [5.74, 6) is -0.134. The van der Waals surface area contributed by atoms with Gasteiger partial charge in [0, 0.05) is 19.9 Å². The minimum absolute atomic E-state index is 0.110. The number of aromatic nitrogens is 2. The normalized spacial score (nSPS) is 18.0. The highest BCUT2D eigenvalue weighted by Gasteiger charge is 2.51. The molecule has 21 heavy (non-hydrogen) atoms. The van der Waals surface area contributed by atoms with Crippen LogP contribution in [0.3, 0.4) is 0 Å². The van der Waals surface area contributed by atoms with Crippen LogP contribution in [0, 0.1) is 12.3 Å². The van der Waals surface area contributed by atoms with Crippen LogP contribution in [0.1, 0.15) is 38.4 Å². The highest BCUT2D eigenvalue weighted by Crippen LogP contribution is 2.32. The van der Waals surface area contributed by atoms with Gasteiger partial charge in [-0.05, 0) is 12.8 Å². The first-order chi connectivity index (χ1) is 9.94. The van der Waals surface area contributed by atoms with Gasteiger partial charge in [-0.25, -0.2) is 4.79 Å². The van der Waals surface area contributed by atoms with Crippen molar-refractivity contribution in [2.24, 2.45) is 5.41 Å². The number of urea groups is 1. The van der Waals surface area contributed by atoms with Crippen LogP contribution in [-0.4, -0.2) is 39.4 Å². The molecule has 0 aliphatic carbocycles. The molecule has 0 bridgehead atoms. The summed E-state index contributed by atoms with van der Waals surface area (Å²) in [6.07, 6.45) is 0.979. The Morgan fingerprint density at radius 2 is 1.90 bits per heavy atom. The van der Waals surface area contributed by atoms with E-state index in [9.17, 15) is 14.4 Å². The van der Waals surface area contributed by atoms with E-state index >= 15 is 0 Å². The monoisotopic (exact) mass is 294 g/mol. The Morgan fingerprint density at radius 1 is 1.24 bits per heavy atom. The molecule has 0 radical (unpaired) electrons. The lowest BCUT2D eigenvalue weighted by Gasteiger charge is -2.38. The van der Waals surface area contributed by atoms with Crippen molar-refractivity contribution in [1.29, 1.82) is 0 Å². The lowest BCUT2D eigenvalue weighted by atomic mass is 9.78. The van der Waals surface area contributed by atoms with Gasteiger partial charge in [-0.2, -0.15) is 4.98 Å². The Kier molecular flexibility index (Phi) is 4.06. The summed E-state index contributed by atoms with van der Waals surface area (Å²) in [7, 11) is 0. The Hall–Kier alpha value is -2.25. The summed E-state index contributed by atoms with van der Waals surface area (Å²) in [6.45, 7) is 5.29. The first-order valence-corrected chi connectivity index (χ1v) is 6.91.